The van der Waals surface area contributed by atoms with Crippen molar-refractivity contribution in [3.8, 4) is 34.5 Å². The van der Waals surface area contributed by atoms with Gasteiger partial charge in [0, 0.05) is 75.7 Å². The Kier molecular flexibility index (Phi) is 10.7. The van der Waals surface area contributed by atoms with E-state index in [1.807, 2.05) is 0 Å². The molecule has 1 fully saturated rings. The Labute approximate surface area is 212 Å². The van der Waals surface area contributed by atoms with Crippen molar-refractivity contribution in [2.24, 2.45) is 0 Å². The second kappa shape index (κ2) is 14.0. The minimum absolute atomic E-state index is 0.168. The fraction of sp³-hybridized carbons (Fsp3) is 0.538. The first-order valence-electron chi connectivity index (χ1n) is 11.9. The third-order valence-corrected chi connectivity index (χ3v) is 5.94. The van der Waals surface area contributed by atoms with Gasteiger partial charge in [-0.2, -0.15) is 0 Å². The van der Waals surface area contributed by atoms with E-state index in [4.69, 9.17) is 28.4 Å². The first-order valence-corrected chi connectivity index (χ1v) is 11.9. The summed E-state index contributed by atoms with van der Waals surface area (Å²) in [6.45, 7) is 4.55. The van der Waals surface area contributed by atoms with Gasteiger partial charge < -0.3 is 38.6 Å². The van der Waals surface area contributed by atoms with E-state index in [1.165, 1.54) is 0 Å². The third-order valence-electron chi connectivity index (χ3n) is 5.94. The number of methoxy groups -OCH3 is 4. The van der Waals surface area contributed by atoms with E-state index in [0.29, 0.717) is 47.6 Å². The molecule has 0 saturated carbocycles. The molecule has 36 heavy (non-hydrogen) atoms. The van der Waals surface area contributed by atoms with E-state index in [9.17, 15) is 10.2 Å². The molecule has 0 spiro atoms. The molecule has 0 radical (unpaired) electrons. The Bertz CT molecular complexity index is 816. The molecule has 10 nitrogen and oxygen atoms in total. The first kappa shape index (κ1) is 27.7. The summed E-state index contributed by atoms with van der Waals surface area (Å²) in [4.78, 5) is 4.39. The number of benzene rings is 2. The lowest BCUT2D eigenvalue weighted by Gasteiger charge is -2.36. The molecule has 200 valence electrons. The quantitative estimate of drug-likeness (QED) is 0.392. The summed E-state index contributed by atoms with van der Waals surface area (Å²) in [6, 6.07) is 10.6. The minimum Gasteiger partial charge on any atom is -0.496 e. The molecule has 0 aromatic heterocycles. The van der Waals surface area contributed by atoms with E-state index >= 15 is 0 Å². The molecule has 0 bridgehead atoms. The van der Waals surface area contributed by atoms with Crippen LogP contribution in [0.4, 0.5) is 0 Å². The largest absolute Gasteiger partial charge is 0.496 e. The van der Waals surface area contributed by atoms with Crippen LogP contribution in [0.3, 0.4) is 0 Å². The molecule has 2 atom stereocenters. The smallest absolute Gasteiger partial charge is 0.126 e. The summed E-state index contributed by atoms with van der Waals surface area (Å²) in [5.41, 5.74) is 0. The van der Waals surface area contributed by atoms with E-state index in [1.54, 1.807) is 64.8 Å². The molecule has 1 saturated heterocycles. The zero-order valence-corrected chi connectivity index (χ0v) is 21.5. The lowest BCUT2D eigenvalue weighted by molar-refractivity contribution is 0.0240. The van der Waals surface area contributed by atoms with Crippen LogP contribution in [0.5, 0.6) is 34.5 Å². The van der Waals surface area contributed by atoms with Gasteiger partial charge in [-0.25, -0.2) is 0 Å². The van der Waals surface area contributed by atoms with E-state index in [2.05, 4.69) is 9.80 Å². The lowest BCUT2D eigenvalue weighted by Crippen LogP contribution is -2.51. The van der Waals surface area contributed by atoms with Gasteiger partial charge in [-0.15, -0.1) is 0 Å². The molecule has 10 heteroatoms. The first-order chi connectivity index (χ1) is 17.4. The second-order valence-corrected chi connectivity index (χ2v) is 8.63. The molecule has 2 aromatic rings. The number of piperazine rings is 1. The normalized spacial score (nSPS) is 16.2. The second-order valence-electron chi connectivity index (χ2n) is 8.63. The van der Waals surface area contributed by atoms with Crippen molar-refractivity contribution < 1.29 is 38.6 Å². The van der Waals surface area contributed by atoms with Crippen molar-refractivity contribution in [3.63, 3.8) is 0 Å². The Balaban J connectivity index is 1.36. The summed E-state index contributed by atoms with van der Waals surface area (Å²) >= 11 is 0. The highest BCUT2D eigenvalue weighted by molar-refractivity contribution is 5.42. The SMILES string of the molecule is COc1cc(OC)cc(OCC(O)CN2CCN(CC(O)COc3cc(OC)cc(OC)c3)CC2)c1. The van der Waals surface area contributed by atoms with Gasteiger partial charge in [0.1, 0.15) is 59.9 Å². The highest BCUT2D eigenvalue weighted by Gasteiger charge is 2.21. The van der Waals surface area contributed by atoms with Crippen LogP contribution >= 0.6 is 0 Å². The zero-order chi connectivity index (χ0) is 25.9. The highest BCUT2D eigenvalue weighted by Crippen LogP contribution is 2.28. The Morgan fingerprint density at radius 1 is 0.556 bits per heavy atom. The van der Waals surface area contributed by atoms with Crippen molar-refractivity contribution >= 4 is 0 Å². The summed E-state index contributed by atoms with van der Waals surface area (Å²) in [7, 11) is 6.32. The Hall–Kier alpha value is -2.92. The van der Waals surface area contributed by atoms with Crippen molar-refractivity contribution in [1.29, 1.82) is 0 Å². The molecular formula is C26H38N2O8. The monoisotopic (exact) mass is 506 g/mol. The number of hydrogen-bond acceptors (Lipinski definition) is 10. The molecule has 1 aliphatic heterocycles. The lowest BCUT2D eigenvalue weighted by atomic mass is 10.2. The average Bonchev–Trinajstić information content (AvgIpc) is 2.91. The highest BCUT2D eigenvalue weighted by atomic mass is 16.5. The van der Waals surface area contributed by atoms with Gasteiger partial charge >= 0.3 is 0 Å². The van der Waals surface area contributed by atoms with E-state index < -0.39 is 12.2 Å². The predicted octanol–water partition coefficient (Wildman–Crippen LogP) is 1.52. The molecule has 2 unspecified atom stereocenters. The number of nitrogens with zero attached hydrogens (tertiary/aromatic N) is 2. The molecule has 0 amide bonds. The Morgan fingerprint density at radius 3 is 1.11 bits per heavy atom. The van der Waals surface area contributed by atoms with Gasteiger partial charge in [-0.1, -0.05) is 0 Å². The summed E-state index contributed by atoms with van der Waals surface area (Å²) < 4.78 is 32.5. The van der Waals surface area contributed by atoms with Crippen LogP contribution in [0.2, 0.25) is 0 Å². The van der Waals surface area contributed by atoms with Gasteiger partial charge in [0.2, 0.25) is 0 Å². The van der Waals surface area contributed by atoms with Crippen molar-refractivity contribution in [2.75, 3.05) is 80.9 Å². The van der Waals surface area contributed by atoms with Gasteiger partial charge in [-0.05, 0) is 0 Å². The summed E-state index contributed by atoms with van der Waals surface area (Å²) in [5, 5.41) is 20.9. The standard InChI is InChI=1S/C26H38N2O8/c1-31-21-9-22(32-2)12-25(11-21)35-17-19(29)15-27-5-7-28(8-6-27)16-20(30)18-36-26-13-23(33-3)10-24(14-26)34-4/h9-14,19-20,29-30H,5-8,15-18H2,1-4H3. The van der Waals surface area contributed by atoms with Gasteiger partial charge in [0.15, 0.2) is 0 Å². The topological polar surface area (TPSA) is 102 Å². The molecule has 0 aliphatic carbocycles. The van der Waals surface area contributed by atoms with Crippen molar-refractivity contribution in [1.82, 2.24) is 9.80 Å². The number of β-amino-alcohol motifs (C(OH)–C–C–N with tert-alkyl or cyclic N) is 2. The van der Waals surface area contributed by atoms with Crippen LogP contribution in [0, 0.1) is 0 Å². The minimum atomic E-state index is -0.632. The van der Waals surface area contributed by atoms with Gasteiger partial charge in [0.25, 0.3) is 0 Å². The number of aliphatic hydroxyl groups is 2. The van der Waals surface area contributed by atoms with Crippen LogP contribution < -0.4 is 28.4 Å². The molecule has 2 aromatic carbocycles. The maximum atomic E-state index is 10.5. The summed E-state index contributed by atoms with van der Waals surface area (Å²) in [6.07, 6.45) is -1.26. The average molecular weight is 507 g/mol. The Morgan fingerprint density at radius 2 is 0.833 bits per heavy atom. The third kappa shape index (κ3) is 8.63. The number of rotatable bonds is 14. The number of aliphatic hydroxyl groups excluding tert-OH is 2. The maximum Gasteiger partial charge on any atom is 0.126 e. The zero-order valence-electron chi connectivity index (χ0n) is 21.5. The van der Waals surface area contributed by atoms with Crippen LogP contribution in [-0.2, 0) is 0 Å². The summed E-state index contributed by atoms with van der Waals surface area (Å²) in [5.74, 6) is 3.69. The van der Waals surface area contributed by atoms with Gasteiger partial charge in [0.05, 0.1) is 28.4 Å². The fourth-order valence-electron chi connectivity index (χ4n) is 3.97. The predicted molar refractivity (Wildman–Crippen MR) is 135 cm³/mol. The van der Waals surface area contributed by atoms with Crippen LogP contribution in [0.15, 0.2) is 36.4 Å². The molecule has 1 aliphatic rings. The van der Waals surface area contributed by atoms with Crippen molar-refractivity contribution in [2.45, 2.75) is 12.2 Å². The van der Waals surface area contributed by atoms with Gasteiger partial charge in [-0.3, -0.25) is 9.80 Å². The van der Waals surface area contributed by atoms with Crippen LogP contribution in [0.1, 0.15) is 0 Å². The van der Waals surface area contributed by atoms with Crippen LogP contribution in [0.25, 0.3) is 0 Å². The molecule has 2 N–H and O–H groups in total. The van der Waals surface area contributed by atoms with E-state index in [-0.39, 0.29) is 13.2 Å². The van der Waals surface area contributed by atoms with Crippen molar-refractivity contribution in [3.05, 3.63) is 36.4 Å². The van der Waals surface area contributed by atoms with E-state index in [0.717, 1.165) is 26.2 Å². The van der Waals surface area contributed by atoms with Crippen LogP contribution in [-0.4, -0.2) is 113 Å². The molecule has 1 heterocycles. The number of ether oxygens (including phenoxy) is 6. The number of hydrogen-bond donors (Lipinski definition) is 2. The fourth-order valence-corrected chi connectivity index (χ4v) is 3.97. The maximum absolute atomic E-state index is 10.5. The molecule has 3 rings (SSSR count). The molecular weight excluding hydrogens is 468 g/mol.